The predicted octanol–water partition coefficient (Wildman–Crippen LogP) is 15.7. The van der Waals surface area contributed by atoms with E-state index >= 15 is 0 Å². The molecule has 0 radical (unpaired) electrons. The van der Waals surface area contributed by atoms with Crippen molar-refractivity contribution in [1.82, 2.24) is 0 Å². The minimum atomic E-state index is -0.834. The van der Waals surface area contributed by atoms with Crippen molar-refractivity contribution in [3.8, 4) is 0 Å². The van der Waals surface area contributed by atoms with E-state index < -0.39 is 6.10 Å². The minimum absolute atomic E-state index is 0.128. The number of ether oxygens (including phenoxy) is 3. The largest absolute Gasteiger partial charge is 0.462 e. The fourth-order valence-corrected chi connectivity index (χ4v) is 5.71. The van der Waals surface area contributed by atoms with Crippen LogP contribution in [0.3, 0.4) is 0 Å². The van der Waals surface area contributed by atoms with Crippen LogP contribution in [0.5, 0.6) is 0 Å². The van der Waals surface area contributed by atoms with Crippen LogP contribution in [0.15, 0.2) is 146 Å². The van der Waals surface area contributed by atoms with Gasteiger partial charge in [-0.05, 0) is 103 Å². The van der Waals surface area contributed by atoms with Crippen LogP contribution < -0.4 is 0 Å². The van der Waals surface area contributed by atoms with Crippen molar-refractivity contribution in [2.24, 2.45) is 0 Å². The molecule has 6 heteroatoms. The normalized spacial score (nSPS) is 13.4. The van der Waals surface area contributed by atoms with Crippen LogP contribution in [0.4, 0.5) is 0 Å². The van der Waals surface area contributed by atoms with E-state index in [4.69, 9.17) is 14.2 Å². The third-order valence-electron chi connectivity index (χ3n) is 9.20. The van der Waals surface area contributed by atoms with Gasteiger partial charge < -0.3 is 14.2 Å². The first kappa shape index (κ1) is 57.3. The van der Waals surface area contributed by atoms with Gasteiger partial charge in [0.1, 0.15) is 13.2 Å². The highest BCUT2D eigenvalue weighted by molar-refractivity contribution is 5.71. The Kier molecular flexibility index (Phi) is 45.2. The maximum absolute atomic E-state index is 12.8. The molecular weight excluding hydrogens is 769 g/mol. The summed E-state index contributed by atoms with van der Waals surface area (Å²) in [4.78, 5) is 37.9. The average Bonchev–Trinajstić information content (AvgIpc) is 3.27. The van der Waals surface area contributed by atoms with Gasteiger partial charge in [0.2, 0.25) is 0 Å². The summed E-state index contributed by atoms with van der Waals surface area (Å²) in [6.45, 7) is 6.13. The lowest BCUT2D eigenvalue weighted by atomic mass is 10.1. The summed E-state index contributed by atoms with van der Waals surface area (Å²) in [5.74, 6) is -1.06. The van der Waals surface area contributed by atoms with Crippen LogP contribution in [-0.2, 0) is 28.6 Å². The van der Waals surface area contributed by atoms with Crippen LogP contribution in [0, 0.1) is 0 Å². The molecule has 0 aliphatic carbocycles. The lowest BCUT2D eigenvalue weighted by molar-refractivity contribution is -0.167. The predicted molar refractivity (Wildman–Crippen MR) is 265 cm³/mol. The van der Waals surface area contributed by atoms with Crippen molar-refractivity contribution in [2.45, 2.75) is 175 Å². The molecule has 0 heterocycles. The fourth-order valence-electron chi connectivity index (χ4n) is 5.71. The zero-order valence-corrected chi connectivity index (χ0v) is 39.1. The number of hydrogen-bond donors (Lipinski definition) is 0. The number of unbranched alkanes of at least 4 members (excludes halogenated alkanes) is 9. The van der Waals surface area contributed by atoms with Crippen molar-refractivity contribution < 1.29 is 28.6 Å². The number of rotatable bonds is 40. The minimum Gasteiger partial charge on any atom is -0.462 e. The number of carbonyl (C=O) groups excluding carboxylic acids is 3. The van der Waals surface area contributed by atoms with E-state index in [2.05, 4.69) is 118 Å². The summed E-state index contributed by atoms with van der Waals surface area (Å²) >= 11 is 0. The number of esters is 3. The SMILES string of the molecule is CC\C=C/C=C\C=C/C=C\C=C/CCCCCC(=O)OC(COC(=O)CCC/C=C\C/C=C\C/C=C\C/C=C\C/C=C\CC)COC(=O)CCCCCCC/C=C\C/C=C\CC. The molecule has 0 amide bonds. The highest BCUT2D eigenvalue weighted by atomic mass is 16.6. The van der Waals surface area contributed by atoms with Gasteiger partial charge in [0, 0.05) is 19.3 Å². The van der Waals surface area contributed by atoms with Crippen LogP contribution in [0.1, 0.15) is 168 Å². The maximum atomic E-state index is 12.8. The van der Waals surface area contributed by atoms with E-state index in [-0.39, 0.29) is 44.0 Å². The topological polar surface area (TPSA) is 78.9 Å². The van der Waals surface area contributed by atoms with E-state index in [0.29, 0.717) is 19.3 Å². The molecule has 344 valence electrons. The fraction of sp³-hybridized carbons (Fsp3) is 0.518. The molecule has 0 rings (SSSR count). The second-order valence-corrected chi connectivity index (χ2v) is 15.0. The van der Waals surface area contributed by atoms with Crippen LogP contribution in [0.2, 0.25) is 0 Å². The van der Waals surface area contributed by atoms with E-state index in [1.807, 2.05) is 48.6 Å². The molecule has 62 heavy (non-hydrogen) atoms. The Labute approximate surface area is 378 Å². The molecular formula is C56H84O6. The third-order valence-corrected chi connectivity index (χ3v) is 9.20. The van der Waals surface area contributed by atoms with Crippen molar-refractivity contribution >= 4 is 17.9 Å². The monoisotopic (exact) mass is 853 g/mol. The van der Waals surface area contributed by atoms with Crippen LogP contribution >= 0.6 is 0 Å². The van der Waals surface area contributed by atoms with E-state index in [0.717, 1.165) is 116 Å². The molecule has 0 N–H and O–H groups in total. The molecule has 0 saturated heterocycles. The van der Waals surface area contributed by atoms with Gasteiger partial charge in [0.05, 0.1) is 0 Å². The molecule has 0 aromatic carbocycles. The van der Waals surface area contributed by atoms with Gasteiger partial charge in [-0.1, -0.05) is 192 Å². The molecule has 6 nitrogen and oxygen atoms in total. The van der Waals surface area contributed by atoms with Crippen molar-refractivity contribution in [1.29, 1.82) is 0 Å². The molecule has 0 aliphatic heterocycles. The first-order chi connectivity index (χ1) is 30.5. The third kappa shape index (κ3) is 46.4. The molecule has 0 saturated carbocycles. The Morgan fingerprint density at radius 3 is 1.18 bits per heavy atom. The molecule has 0 spiro atoms. The van der Waals surface area contributed by atoms with Gasteiger partial charge in [-0.25, -0.2) is 0 Å². The van der Waals surface area contributed by atoms with Crippen molar-refractivity contribution in [3.05, 3.63) is 146 Å². The first-order valence-corrected chi connectivity index (χ1v) is 23.9. The summed E-state index contributed by atoms with van der Waals surface area (Å²) < 4.78 is 16.6. The summed E-state index contributed by atoms with van der Waals surface area (Å²) in [5, 5.41) is 0. The Hall–Kier alpha value is -4.71. The zero-order valence-electron chi connectivity index (χ0n) is 39.1. The number of allylic oxidation sites excluding steroid dienone is 24. The molecule has 1 unspecified atom stereocenters. The first-order valence-electron chi connectivity index (χ1n) is 23.9. The van der Waals surface area contributed by atoms with E-state index in [9.17, 15) is 14.4 Å². The zero-order chi connectivity index (χ0) is 45.1. The molecule has 0 aromatic heterocycles. The average molecular weight is 853 g/mol. The molecule has 0 fully saturated rings. The van der Waals surface area contributed by atoms with Crippen molar-refractivity contribution in [3.63, 3.8) is 0 Å². The number of hydrogen-bond acceptors (Lipinski definition) is 6. The summed E-state index contributed by atoms with van der Waals surface area (Å²) in [7, 11) is 0. The van der Waals surface area contributed by atoms with Gasteiger partial charge >= 0.3 is 17.9 Å². The molecule has 1 atom stereocenters. The van der Waals surface area contributed by atoms with E-state index in [1.54, 1.807) is 0 Å². The smallest absolute Gasteiger partial charge is 0.306 e. The molecule has 0 bridgehead atoms. The highest BCUT2D eigenvalue weighted by Gasteiger charge is 2.19. The standard InChI is InChI=1S/C56H84O6/c1-4-7-10-13-16-19-22-25-27-28-30-31-34-37-40-43-46-49-55(58)61-52-53(51-60-54(57)48-45-42-39-36-33-24-21-18-15-12-9-6-3)62-56(59)50-47-44-41-38-35-32-29-26-23-20-17-14-11-8-5-2/h7-12,14,16-21,23,25-27,29-32,35,37,40,53H,4-6,13,15,22,24,28,33-34,36,38-39,41-52H2,1-3H3/b10-7-,11-8-,12-9-,17-14-,19-16-,21-18-,23-20-,27-25-,29-26-,31-30-,35-32-,40-37-. The van der Waals surface area contributed by atoms with Gasteiger partial charge in [-0.15, -0.1) is 0 Å². The van der Waals surface area contributed by atoms with Gasteiger partial charge in [0.25, 0.3) is 0 Å². The van der Waals surface area contributed by atoms with Gasteiger partial charge in [-0.2, -0.15) is 0 Å². The summed E-state index contributed by atoms with van der Waals surface area (Å²) in [6.07, 6.45) is 69.8. The lowest BCUT2D eigenvalue weighted by Crippen LogP contribution is -2.30. The van der Waals surface area contributed by atoms with Crippen LogP contribution in [-0.4, -0.2) is 37.2 Å². The Morgan fingerprint density at radius 1 is 0.339 bits per heavy atom. The lowest BCUT2D eigenvalue weighted by Gasteiger charge is -2.18. The molecule has 0 aromatic rings. The van der Waals surface area contributed by atoms with Gasteiger partial charge in [-0.3, -0.25) is 14.4 Å². The van der Waals surface area contributed by atoms with Crippen molar-refractivity contribution in [2.75, 3.05) is 13.2 Å². The second kappa shape index (κ2) is 49.0. The summed E-state index contributed by atoms with van der Waals surface area (Å²) in [6, 6.07) is 0. The Balaban J connectivity index is 4.62. The Morgan fingerprint density at radius 2 is 0.677 bits per heavy atom. The Bertz CT molecular complexity index is 1440. The quantitative estimate of drug-likeness (QED) is 0.0201. The maximum Gasteiger partial charge on any atom is 0.306 e. The van der Waals surface area contributed by atoms with Gasteiger partial charge in [0.15, 0.2) is 6.10 Å². The molecule has 0 aliphatic rings. The second-order valence-electron chi connectivity index (χ2n) is 15.0. The highest BCUT2D eigenvalue weighted by Crippen LogP contribution is 2.11. The summed E-state index contributed by atoms with van der Waals surface area (Å²) in [5.41, 5.74) is 0. The van der Waals surface area contributed by atoms with Crippen LogP contribution in [0.25, 0.3) is 0 Å². The number of carbonyl (C=O) groups is 3. The van der Waals surface area contributed by atoms with E-state index in [1.165, 1.54) is 0 Å².